The highest BCUT2D eigenvalue weighted by Gasteiger charge is 2.33. The molecule has 3 aromatic rings. The number of aryl methyl sites for hydroxylation is 2. The van der Waals surface area contributed by atoms with Crippen LogP contribution in [0.1, 0.15) is 60.9 Å². The van der Waals surface area contributed by atoms with Crippen LogP contribution < -0.4 is 5.49 Å². The molecule has 0 bridgehead atoms. The predicted molar refractivity (Wildman–Crippen MR) is 131 cm³/mol. The van der Waals surface area contributed by atoms with Crippen LogP contribution in [0, 0.1) is 6.92 Å². The second-order valence-electron chi connectivity index (χ2n) is 9.46. The molecule has 36 heavy (non-hydrogen) atoms. The van der Waals surface area contributed by atoms with Crippen molar-refractivity contribution in [2.75, 3.05) is 13.1 Å². The Morgan fingerprint density at radius 3 is 2.69 bits per heavy atom. The van der Waals surface area contributed by atoms with Gasteiger partial charge in [-0.2, -0.15) is 13.2 Å². The third-order valence-corrected chi connectivity index (χ3v) is 7.17. The number of hydrogen-bond donors (Lipinski definition) is 0. The van der Waals surface area contributed by atoms with E-state index in [1.54, 1.807) is 24.8 Å². The lowest BCUT2D eigenvalue weighted by Gasteiger charge is -2.25. The standard InChI is InChI=1S/C27H28F3N5O/c1-16-20(6-4-7-22(16)27(28,29)30)17(2)32-26-21-14-23(19-9-12-34(13-10-19)18(3)36)31-15-24(21)35-11-5-8-25(35)33-26/h4,6-7,9,14-15,17H,5,8,10-13H2,1-3H3/b32-26-/t17-/m1/s1. The van der Waals surface area contributed by atoms with Crippen LogP contribution in [0.5, 0.6) is 0 Å². The van der Waals surface area contributed by atoms with Gasteiger partial charge in [-0.15, -0.1) is 0 Å². The number of amides is 1. The molecule has 1 amide bonds. The number of fused-ring (bicyclic) bond motifs is 3. The quantitative estimate of drug-likeness (QED) is 0.514. The third-order valence-electron chi connectivity index (χ3n) is 7.17. The van der Waals surface area contributed by atoms with Gasteiger partial charge in [-0.25, -0.2) is 4.98 Å². The monoisotopic (exact) mass is 495 g/mol. The van der Waals surface area contributed by atoms with E-state index < -0.39 is 17.8 Å². The number of rotatable bonds is 3. The topological polar surface area (TPSA) is 63.4 Å². The molecule has 0 saturated heterocycles. The van der Waals surface area contributed by atoms with Gasteiger partial charge in [0.15, 0.2) is 5.49 Å². The van der Waals surface area contributed by atoms with Crippen molar-refractivity contribution < 1.29 is 18.0 Å². The lowest BCUT2D eigenvalue weighted by molar-refractivity contribution is -0.138. The van der Waals surface area contributed by atoms with Crippen LogP contribution in [-0.2, 0) is 23.9 Å². The van der Waals surface area contributed by atoms with Crippen molar-refractivity contribution in [3.8, 4) is 0 Å². The van der Waals surface area contributed by atoms with E-state index in [4.69, 9.17) is 15.0 Å². The van der Waals surface area contributed by atoms with Crippen molar-refractivity contribution in [2.45, 2.75) is 58.8 Å². The Hall–Kier alpha value is -3.49. The summed E-state index contributed by atoms with van der Waals surface area (Å²) in [4.78, 5) is 27.9. The van der Waals surface area contributed by atoms with Gasteiger partial charge >= 0.3 is 6.18 Å². The Bertz CT molecular complexity index is 1450. The van der Waals surface area contributed by atoms with Crippen molar-refractivity contribution in [3.63, 3.8) is 0 Å². The Kier molecular flexibility index (Phi) is 6.18. The number of hydrogen-bond acceptors (Lipinski definition) is 4. The maximum atomic E-state index is 13.5. The van der Waals surface area contributed by atoms with Gasteiger partial charge in [-0.05, 0) is 55.5 Å². The summed E-state index contributed by atoms with van der Waals surface area (Å²) in [6, 6.07) is 5.71. The third kappa shape index (κ3) is 4.42. The Labute approximate surface area is 207 Å². The van der Waals surface area contributed by atoms with E-state index >= 15 is 0 Å². The SMILES string of the molecule is CC(=O)N1CC=C(c2cc3/c(=N/[C@H](C)c4cccc(C(F)(F)F)c4C)nc4n(c3cn2)CCC4)CC1. The molecule has 188 valence electrons. The lowest BCUT2D eigenvalue weighted by Crippen LogP contribution is -2.32. The highest BCUT2D eigenvalue weighted by Crippen LogP contribution is 2.35. The van der Waals surface area contributed by atoms with Crippen LogP contribution in [0.25, 0.3) is 16.5 Å². The number of carbonyl (C=O) groups is 1. The van der Waals surface area contributed by atoms with Crippen LogP contribution in [0.3, 0.4) is 0 Å². The summed E-state index contributed by atoms with van der Waals surface area (Å²) in [6.07, 6.45) is 1.96. The first-order valence-corrected chi connectivity index (χ1v) is 12.2. The second kappa shape index (κ2) is 9.19. The molecule has 4 heterocycles. The molecular formula is C27H28F3N5O. The fourth-order valence-electron chi connectivity index (χ4n) is 5.19. The van der Waals surface area contributed by atoms with E-state index in [2.05, 4.69) is 4.57 Å². The first kappa shape index (κ1) is 24.2. The summed E-state index contributed by atoms with van der Waals surface area (Å²) in [5, 5.41) is 0.831. The Morgan fingerprint density at radius 1 is 1.19 bits per heavy atom. The number of nitrogens with zero attached hydrogens (tertiary/aromatic N) is 5. The molecule has 2 aromatic heterocycles. The first-order valence-electron chi connectivity index (χ1n) is 12.2. The number of halogens is 3. The average Bonchev–Trinajstić information content (AvgIpc) is 3.32. The van der Waals surface area contributed by atoms with Crippen molar-refractivity contribution in [3.05, 3.63) is 70.2 Å². The summed E-state index contributed by atoms with van der Waals surface area (Å²) in [5.74, 6) is 0.964. The van der Waals surface area contributed by atoms with Gasteiger partial charge in [0.05, 0.1) is 29.0 Å². The number of alkyl halides is 3. The molecule has 0 unspecified atom stereocenters. The van der Waals surface area contributed by atoms with Gasteiger partial charge in [0.25, 0.3) is 0 Å². The Morgan fingerprint density at radius 2 is 2.00 bits per heavy atom. The molecule has 0 fully saturated rings. The van der Waals surface area contributed by atoms with E-state index in [0.717, 1.165) is 53.4 Å². The first-order chi connectivity index (χ1) is 17.1. The van der Waals surface area contributed by atoms with Crippen molar-refractivity contribution >= 4 is 22.4 Å². The van der Waals surface area contributed by atoms with E-state index in [1.807, 2.05) is 18.3 Å². The number of carbonyl (C=O) groups excluding carboxylic acids is 1. The van der Waals surface area contributed by atoms with Gasteiger partial charge in [0, 0.05) is 38.4 Å². The van der Waals surface area contributed by atoms with E-state index in [-0.39, 0.29) is 11.5 Å². The molecular weight excluding hydrogens is 467 g/mol. The molecule has 5 rings (SSSR count). The van der Waals surface area contributed by atoms with Crippen LogP contribution in [-0.4, -0.2) is 38.4 Å². The molecule has 1 aromatic carbocycles. The molecule has 0 saturated carbocycles. The summed E-state index contributed by atoms with van der Waals surface area (Å²) in [6.45, 7) is 6.90. The summed E-state index contributed by atoms with van der Waals surface area (Å²) in [7, 11) is 0. The summed E-state index contributed by atoms with van der Waals surface area (Å²) >= 11 is 0. The van der Waals surface area contributed by atoms with Gasteiger partial charge in [0.2, 0.25) is 5.91 Å². The van der Waals surface area contributed by atoms with Crippen LogP contribution in [0.4, 0.5) is 13.2 Å². The van der Waals surface area contributed by atoms with Crippen molar-refractivity contribution in [1.82, 2.24) is 19.4 Å². The molecule has 6 nitrogen and oxygen atoms in total. The lowest BCUT2D eigenvalue weighted by atomic mass is 9.97. The van der Waals surface area contributed by atoms with Gasteiger partial charge in [-0.3, -0.25) is 14.8 Å². The molecule has 2 aliphatic heterocycles. The zero-order valence-corrected chi connectivity index (χ0v) is 20.6. The van der Waals surface area contributed by atoms with Gasteiger partial charge in [0.1, 0.15) is 5.82 Å². The van der Waals surface area contributed by atoms with E-state index in [9.17, 15) is 18.0 Å². The molecule has 0 radical (unpaired) electrons. The minimum Gasteiger partial charge on any atom is -0.339 e. The summed E-state index contributed by atoms with van der Waals surface area (Å²) in [5.41, 5.74) is 3.40. The zero-order valence-electron chi connectivity index (χ0n) is 20.6. The average molecular weight is 496 g/mol. The number of benzene rings is 1. The zero-order chi connectivity index (χ0) is 25.6. The highest BCUT2D eigenvalue weighted by atomic mass is 19.4. The fraction of sp³-hybridized carbons (Fsp3) is 0.407. The van der Waals surface area contributed by atoms with E-state index in [1.165, 1.54) is 13.0 Å². The maximum absolute atomic E-state index is 13.5. The van der Waals surface area contributed by atoms with Gasteiger partial charge in [-0.1, -0.05) is 18.2 Å². The van der Waals surface area contributed by atoms with Crippen molar-refractivity contribution in [1.29, 1.82) is 0 Å². The van der Waals surface area contributed by atoms with Crippen LogP contribution in [0.2, 0.25) is 0 Å². The molecule has 2 aliphatic rings. The predicted octanol–water partition coefficient (Wildman–Crippen LogP) is 5.00. The molecule has 9 heteroatoms. The Balaban J connectivity index is 1.62. The van der Waals surface area contributed by atoms with Crippen molar-refractivity contribution in [2.24, 2.45) is 4.99 Å². The van der Waals surface area contributed by atoms with Crippen LogP contribution in [0.15, 0.2) is 41.5 Å². The number of aromatic nitrogens is 3. The van der Waals surface area contributed by atoms with E-state index in [0.29, 0.717) is 30.6 Å². The smallest absolute Gasteiger partial charge is 0.339 e. The van der Waals surface area contributed by atoms with Gasteiger partial charge < -0.3 is 9.47 Å². The fourth-order valence-corrected chi connectivity index (χ4v) is 5.19. The van der Waals surface area contributed by atoms with Crippen LogP contribution >= 0.6 is 0 Å². The summed E-state index contributed by atoms with van der Waals surface area (Å²) < 4.78 is 42.6. The number of pyridine rings is 1. The maximum Gasteiger partial charge on any atom is 0.416 e. The highest BCUT2D eigenvalue weighted by molar-refractivity contribution is 5.82. The minimum atomic E-state index is -4.42. The molecule has 0 N–H and O–H groups in total. The minimum absolute atomic E-state index is 0.0490. The largest absolute Gasteiger partial charge is 0.416 e. The molecule has 0 aliphatic carbocycles. The normalized spacial score (nSPS) is 17.3. The molecule has 0 spiro atoms. The second-order valence-corrected chi connectivity index (χ2v) is 9.46. The molecule has 1 atom stereocenters.